The maximum Gasteiger partial charge on any atom is 0.271 e. The Bertz CT molecular complexity index is 1860. The van der Waals surface area contributed by atoms with Gasteiger partial charge in [0.05, 0.1) is 26.4 Å². The first kappa shape index (κ1) is 33.5. The van der Waals surface area contributed by atoms with E-state index in [0.29, 0.717) is 62.9 Å². The van der Waals surface area contributed by atoms with Crippen LogP contribution >= 0.6 is 0 Å². The number of hydrogen-bond acceptors (Lipinski definition) is 7. The lowest BCUT2D eigenvalue weighted by Gasteiger charge is -2.52. The number of amides is 3. The van der Waals surface area contributed by atoms with Gasteiger partial charge in [-0.3, -0.25) is 19.3 Å². The van der Waals surface area contributed by atoms with E-state index in [2.05, 4.69) is 20.4 Å². The smallest absolute Gasteiger partial charge is 0.271 e. The summed E-state index contributed by atoms with van der Waals surface area (Å²) < 4.78 is 28.4. The Kier molecular flexibility index (Phi) is 9.41. The Hall–Kier alpha value is -5.04. The van der Waals surface area contributed by atoms with Crippen LogP contribution in [0.1, 0.15) is 48.0 Å². The Labute approximate surface area is 290 Å². The molecular formula is C38H41FN6O5. The number of halogens is 1. The average Bonchev–Trinajstić information content (AvgIpc) is 3.46. The van der Waals surface area contributed by atoms with Gasteiger partial charge in [-0.25, -0.2) is 4.39 Å². The highest BCUT2D eigenvalue weighted by atomic mass is 19.1. The topological polar surface area (TPSA) is 108 Å². The van der Waals surface area contributed by atoms with Crippen molar-refractivity contribution >= 4 is 29.1 Å². The van der Waals surface area contributed by atoms with Crippen LogP contribution < -0.4 is 15.5 Å². The van der Waals surface area contributed by atoms with E-state index in [9.17, 15) is 14.4 Å². The van der Waals surface area contributed by atoms with Gasteiger partial charge in [-0.1, -0.05) is 24.3 Å². The lowest BCUT2D eigenvalue weighted by molar-refractivity contribution is -0.162. The van der Waals surface area contributed by atoms with Crippen molar-refractivity contribution in [3.8, 4) is 0 Å². The molecule has 2 N–H and O–H groups in total. The molecule has 11 nitrogen and oxygen atoms in total. The molecule has 0 atom stereocenters. The first-order chi connectivity index (χ1) is 24.2. The zero-order valence-electron chi connectivity index (χ0n) is 28.3. The number of fused-ring (bicyclic) bond motifs is 2. The lowest BCUT2D eigenvalue weighted by atomic mass is 9.88. The summed E-state index contributed by atoms with van der Waals surface area (Å²) in [4.78, 5) is 44.6. The van der Waals surface area contributed by atoms with E-state index in [1.165, 1.54) is 6.07 Å². The molecule has 260 valence electrons. The highest BCUT2D eigenvalue weighted by Crippen LogP contribution is 2.41. The maximum atomic E-state index is 15.5. The molecular weight excluding hydrogens is 639 g/mol. The number of ether oxygens (including phenoxy) is 2. The van der Waals surface area contributed by atoms with Crippen molar-refractivity contribution in [3.63, 3.8) is 0 Å². The predicted octanol–water partition coefficient (Wildman–Crippen LogP) is 4.09. The van der Waals surface area contributed by atoms with Gasteiger partial charge in [0.2, 0.25) is 0 Å². The van der Waals surface area contributed by atoms with Gasteiger partial charge in [-0.05, 0) is 65.7 Å². The third kappa shape index (κ3) is 6.61. The average molecular weight is 681 g/mol. The predicted molar refractivity (Wildman–Crippen MR) is 187 cm³/mol. The summed E-state index contributed by atoms with van der Waals surface area (Å²) >= 11 is 0. The molecule has 0 bridgehead atoms. The summed E-state index contributed by atoms with van der Waals surface area (Å²) in [6.45, 7) is 5.71. The molecule has 3 aliphatic heterocycles. The molecule has 3 aliphatic rings. The SMILES string of the molecule is CN(C)C(=O)c1ccc(CN2CCn3c(cc(F)c3C(=O)NCc3ccc(NC(=O)c4ccc(N5CCOCC5)cc4)cc3)C23COC3)cc1. The van der Waals surface area contributed by atoms with Crippen molar-refractivity contribution in [2.45, 2.75) is 25.2 Å². The molecule has 7 rings (SSSR count). The van der Waals surface area contributed by atoms with E-state index in [0.717, 1.165) is 35.6 Å². The molecule has 4 heterocycles. The number of benzene rings is 3. The second-order valence-corrected chi connectivity index (χ2v) is 13.2. The molecule has 12 heteroatoms. The van der Waals surface area contributed by atoms with Crippen LogP contribution in [0.2, 0.25) is 0 Å². The number of rotatable bonds is 9. The minimum Gasteiger partial charge on any atom is -0.378 e. The van der Waals surface area contributed by atoms with E-state index in [1.807, 2.05) is 60.7 Å². The zero-order chi connectivity index (χ0) is 34.8. The molecule has 4 aromatic rings. The first-order valence-corrected chi connectivity index (χ1v) is 16.9. The van der Waals surface area contributed by atoms with Gasteiger partial charge < -0.3 is 34.5 Å². The van der Waals surface area contributed by atoms with Crippen molar-refractivity contribution in [1.29, 1.82) is 0 Å². The second-order valence-electron chi connectivity index (χ2n) is 13.2. The van der Waals surface area contributed by atoms with Gasteiger partial charge in [0, 0.05) is 81.6 Å². The van der Waals surface area contributed by atoms with E-state index in [1.54, 1.807) is 35.7 Å². The molecule has 2 fully saturated rings. The van der Waals surface area contributed by atoms with Crippen molar-refractivity contribution in [2.24, 2.45) is 0 Å². The Balaban J connectivity index is 0.963. The van der Waals surface area contributed by atoms with E-state index in [4.69, 9.17) is 9.47 Å². The first-order valence-electron chi connectivity index (χ1n) is 16.9. The molecule has 0 radical (unpaired) electrons. The van der Waals surface area contributed by atoms with Crippen molar-refractivity contribution < 1.29 is 28.2 Å². The van der Waals surface area contributed by atoms with Crippen molar-refractivity contribution in [3.05, 3.63) is 118 Å². The van der Waals surface area contributed by atoms with Crippen LogP contribution in [0.4, 0.5) is 15.8 Å². The summed E-state index contributed by atoms with van der Waals surface area (Å²) in [5, 5.41) is 5.79. The highest BCUT2D eigenvalue weighted by molar-refractivity contribution is 6.04. The van der Waals surface area contributed by atoms with Crippen molar-refractivity contribution in [2.75, 3.05) is 70.4 Å². The Morgan fingerprint density at radius 2 is 1.46 bits per heavy atom. The number of nitrogens with one attached hydrogen (secondary N) is 2. The fourth-order valence-corrected chi connectivity index (χ4v) is 6.87. The number of anilines is 2. The zero-order valence-corrected chi connectivity index (χ0v) is 28.3. The van der Waals surface area contributed by atoms with Crippen molar-refractivity contribution in [1.82, 2.24) is 19.7 Å². The van der Waals surface area contributed by atoms with Gasteiger partial charge in [0.15, 0.2) is 5.82 Å². The maximum absolute atomic E-state index is 15.5. The number of nitrogens with zero attached hydrogens (tertiary/aromatic N) is 4. The van der Waals surface area contributed by atoms with E-state index < -0.39 is 17.3 Å². The van der Waals surface area contributed by atoms with Crippen LogP contribution in [-0.4, -0.2) is 92.2 Å². The van der Waals surface area contributed by atoms with E-state index in [-0.39, 0.29) is 24.1 Å². The molecule has 2 saturated heterocycles. The van der Waals surface area contributed by atoms with Crippen LogP contribution in [0.15, 0.2) is 78.9 Å². The Morgan fingerprint density at radius 3 is 2.10 bits per heavy atom. The largest absolute Gasteiger partial charge is 0.378 e. The number of morpholine rings is 1. The molecule has 0 saturated carbocycles. The summed E-state index contributed by atoms with van der Waals surface area (Å²) in [5.41, 5.74) is 4.92. The van der Waals surface area contributed by atoms with Crippen LogP contribution in [0.25, 0.3) is 0 Å². The quantitative estimate of drug-likeness (QED) is 0.274. The normalized spacial score (nSPS) is 16.7. The lowest BCUT2D eigenvalue weighted by Crippen LogP contribution is -2.63. The number of aromatic nitrogens is 1. The minimum absolute atomic E-state index is 0.0148. The molecule has 3 aromatic carbocycles. The number of carbonyl (C=O) groups excluding carboxylic acids is 3. The standard InChI is InChI=1S/C38H41FN6O5/c1-42(2)37(48)29-7-3-27(4-8-29)23-44-15-16-45-33(38(44)24-50-25-38)21-32(39)34(45)36(47)40-22-26-5-11-30(12-6-26)41-35(46)28-9-13-31(14-10-28)43-17-19-49-20-18-43/h3-14,21H,15-20,22-25H2,1-2H3,(H,40,47)(H,41,46). The van der Waals surface area contributed by atoms with Crippen LogP contribution in [-0.2, 0) is 34.6 Å². The highest BCUT2D eigenvalue weighted by Gasteiger charge is 2.51. The van der Waals surface area contributed by atoms with Gasteiger partial charge in [-0.2, -0.15) is 0 Å². The second kappa shape index (κ2) is 14.1. The van der Waals surface area contributed by atoms with Gasteiger partial charge in [0.1, 0.15) is 11.2 Å². The number of carbonyl (C=O) groups is 3. The van der Waals surface area contributed by atoms with Crippen LogP contribution in [0.5, 0.6) is 0 Å². The molecule has 50 heavy (non-hydrogen) atoms. The fourth-order valence-electron chi connectivity index (χ4n) is 6.87. The molecule has 0 unspecified atom stereocenters. The third-order valence-electron chi connectivity index (χ3n) is 9.77. The van der Waals surface area contributed by atoms with Gasteiger partial charge in [-0.15, -0.1) is 0 Å². The van der Waals surface area contributed by atoms with E-state index >= 15 is 4.39 Å². The molecule has 0 aliphatic carbocycles. The summed E-state index contributed by atoms with van der Waals surface area (Å²) in [6.07, 6.45) is 0. The monoisotopic (exact) mass is 680 g/mol. The van der Waals surface area contributed by atoms with Gasteiger partial charge in [0.25, 0.3) is 17.7 Å². The molecule has 3 amide bonds. The minimum atomic E-state index is -0.562. The Morgan fingerprint density at radius 1 is 0.800 bits per heavy atom. The summed E-state index contributed by atoms with van der Waals surface area (Å²) in [6, 6.07) is 23.8. The fraction of sp³-hybridized carbons (Fsp3) is 0.342. The van der Waals surface area contributed by atoms with Gasteiger partial charge >= 0.3 is 0 Å². The molecule has 1 aromatic heterocycles. The molecule has 1 spiro atoms. The van der Waals surface area contributed by atoms with Crippen LogP contribution in [0.3, 0.4) is 0 Å². The third-order valence-corrected chi connectivity index (χ3v) is 9.77. The summed E-state index contributed by atoms with van der Waals surface area (Å²) in [5.74, 6) is -1.32. The number of hydrogen-bond donors (Lipinski definition) is 2. The summed E-state index contributed by atoms with van der Waals surface area (Å²) in [7, 11) is 3.45. The van der Waals surface area contributed by atoms with Crippen LogP contribution in [0, 0.1) is 5.82 Å².